The lowest BCUT2D eigenvalue weighted by molar-refractivity contribution is -0.914. The number of benzene rings is 1. The number of quaternary nitrogens is 1. The second-order valence-electron chi connectivity index (χ2n) is 6.22. The van der Waals surface area contributed by atoms with E-state index in [1.807, 2.05) is 0 Å². The van der Waals surface area contributed by atoms with Crippen LogP contribution in [0.5, 0.6) is 5.75 Å². The molecule has 6 heteroatoms. The molecular formula is C16H25N2O3S+. The summed E-state index contributed by atoms with van der Waals surface area (Å²) >= 11 is 0. The second kappa shape index (κ2) is 6.56. The summed E-state index contributed by atoms with van der Waals surface area (Å²) in [6.07, 6.45) is 4.59. The van der Waals surface area contributed by atoms with Crippen LogP contribution in [0.3, 0.4) is 0 Å². The smallest absolute Gasteiger partial charge is 0.243 e. The third kappa shape index (κ3) is 3.14. The lowest BCUT2D eigenvalue weighted by Crippen LogP contribution is -3.14. The number of hydrogen-bond acceptors (Lipinski definition) is 3. The molecule has 0 aromatic heterocycles. The second-order valence-corrected chi connectivity index (χ2v) is 8.16. The molecule has 1 aromatic rings. The van der Waals surface area contributed by atoms with Gasteiger partial charge in [-0.05, 0) is 24.3 Å². The number of ether oxygens (including phenoxy) is 1. The predicted molar refractivity (Wildman–Crippen MR) is 84.7 cm³/mol. The molecule has 0 spiro atoms. The molecule has 122 valence electrons. The van der Waals surface area contributed by atoms with Crippen LogP contribution < -0.4 is 9.64 Å². The van der Waals surface area contributed by atoms with Gasteiger partial charge in [-0.1, -0.05) is 0 Å². The van der Waals surface area contributed by atoms with Crippen LogP contribution >= 0.6 is 0 Å². The normalized spacial score (nSPS) is 22.0. The zero-order valence-corrected chi connectivity index (χ0v) is 13.9. The summed E-state index contributed by atoms with van der Waals surface area (Å²) in [5.74, 6) is 0.676. The molecule has 2 aliphatic heterocycles. The Labute approximate surface area is 132 Å². The van der Waals surface area contributed by atoms with Crippen molar-refractivity contribution in [1.29, 1.82) is 0 Å². The van der Waals surface area contributed by atoms with Gasteiger partial charge in [-0.25, -0.2) is 8.42 Å². The summed E-state index contributed by atoms with van der Waals surface area (Å²) in [6, 6.07) is 7.31. The van der Waals surface area contributed by atoms with E-state index < -0.39 is 10.0 Å². The number of piperidine rings is 1. The summed E-state index contributed by atoms with van der Waals surface area (Å²) in [5, 5.41) is 0. The van der Waals surface area contributed by atoms with Crippen molar-refractivity contribution < 1.29 is 18.1 Å². The number of nitrogens with zero attached hydrogens (tertiary/aromatic N) is 1. The molecule has 2 aliphatic rings. The predicted octanol–water partition coefficient (Wildman–Crippen LogP) is 0.527. The van der Waals surface area contributed by atoms with Crippen molar-refractivity contribution in [2.45, 2.75) is 36.6 Å². The Morgan fingerprint density at radius 2 is 1.68 bits per heavy atom. The van der Waals surface area contributed by atoms with Gasteiger partial charge in [0, 0.05) is 38.8 Å². The van der Waals surface area contributed by atoms with Crippen LogP contribution in [0, 0.1) is 0 Å². The average Bonchev–Trinajstić information content (AvgIpc) is 3.09. The topological polar surface area (TPSA) is 51.1 Å². The number of likely N-dealkylation sites (tertiary alicyclic amines) is 1. The van der Waals surface area contributed by atoms with E-state index in [9.17, 15) is 8.42 Å². The van der Waals surface area contributed by atoms with Crippen LogP contribution in [-0.2, 0) is 10.0 Å². The number of methoxy groups -OCH3 is 1. The minimum absolute atomic E-state index is 0.361. The molecule has 2 saturated heterocycles. The zero-order valence-electron chi connectivity index (χ0n) is 13.1. The Morgan fingerprint density at radius 3 is 2.23 bits per heavy atom. The van der Waals surface area contributed by atoms with Gasteiger partial charge in [-0.3, -0.25) is 0 Å². The Hall–Kier alpha value is -1.11. The largest absolute Gasteiger partial charge is 0.497 e. The minimum Gasteiger partial charge on any atom is -0.497 e. The van der Waals surface area contributed by atoms with Gasteiger partial charge in [0.25, 0.3) is 0 Å². The van der Waals surface area contributed by atoms with Crippen molar-refractivity contribution in [3.05, 3.63) is 24.3 Å². The molecule has 0 aliphatic carbocycles. The fourth-order valence-electron chi connectivity index (χ4n) is 3.64. The molecule has 0 saturated carbocycles. The Bertz CT molecular complexity index is 586. The van der Waals surface area contributed by atoms with Crippen molar-refractivity contribution in [3.63, 3.8) is 0 Å². The van der Waals surface area contributed by atoms with E-state index in [0.717, 1.165) is 12.8 Å². The maximum Gasteiger partial charge on any atom is 0.243 e. The summed E-state index contributed by atoms with van der Waals surface area (Å²) in [7, 11) is -1.79. The SMILES string of the molecule is COc1ccc(S(=O)(=O)N2CCC([NH+]3CCCC3)CC2)cc1. The molecule has 0 bridgehead atoms. The highest BCUT2D eigenvalue weighted by Gasteiger charge is 2.34. The molecule has 3 rings (SSSR count). The van der Waals surface area contributed by atoms with Crippen LogP contribution in [0.25, 0.3) is 0 Å². The molecule has 2 fully saturated rings. The van der Waals surface area contributed by atoms with Gasteiger partial charge >= 0.3 is 0 Å². The van der Waals surface area contributed by atoms with E-state index in [4.69, 9.17) is 4.74 Å². The Morgan fingerprint density at radius 1 is 1.09 bits per heavy atom. The fraction of sp³-hybridized carbons (Fsp3) is 0.625. The van der Waals surface area contributed by atoms with Crippen LogP contribution in [0.2, 0.25) is 0 Å². The van der Waals surface area contributed by atoms with E-state index in [1.165, 1.54) is 25.9 Å². The van der Waals surface area contributed by atoms with Gasteiger partial charge in [0.05, 0.1) is 31.1 Å². The monoisotopic (exact) mass is 325 g/mol. The van der Waals surface area contributed by atoms with E-state index in [0.29, 0.717) is 29.8 Å². The highest BCUT2D eigenvalue weighted by atomic mass is 32.2. The molecule has 0 atom stereocenters. The first-order chi connectivity index (χ1) is 10.6. The van der Waals surface area contributed by atoms with Gasteiger partial charge in [0.15, 0.2) is 0 Å². The summed E-state index contributed by atoms with van der Waals surface area (Å²) < 4.78 is 32.1. The molecule has 1 aromatic carbocycles. The summed E-state index contributed by atoms with van der Waals surface area (Å²) in [6.45, 7) is 3.80. The standard InChI is InChI=1S/C16H24N2O3S/c1-21-15-4-6-16(7-5-15)22(19,20)18-12-8-14(9-13-18)17-10-2-3-11-17/h4-7,14H,2-3,8-13H2,1H3/p+1. The molecule has 0 unspecified atom stereocenters. The first-order valence-corrected chi connectivity index (χ1v) is 9.54. The van der Waals surface area contributed by atoms with Crippen LogP contribution in [0.15, 0.2) is 29.2 Å². The van der Waals surface area contributed by atoms with E-state index in [1.54, 1.807) is 40.6 Å². The number of hydrogen-bond donors (Lipinski definition) is 1. The quantitative estimate of drug-likeness (QED) is 0.878. The molecule has 22 heavy (non-hydrogen) atoms. The maximum atomic E-state index is 12.7. The third-order valence-corrected chi connectivity index (χ3v) is 6.89. The van der Waals surface area contributed by atoms with Gasteiger partial charge in [-0.2, -0.15) is 4.31 Å². The van der Waals surface area contributed by atoms with Crippen molar-refractivity contribution in [2.75, 3.05) is 33.3 Å². The molecule has 1 N–H and O–H groups in total. The van der Waals surface area contributed by atoms with Gasteiger partial charge in [0.1, 0.15) is 5.75 Å². The van der Waals surface area contributed by atoms with Gasteiger partial charge in [0.2, 0.25) is 10.0 Å². The first-order valence-electron chi connectivity index (χ1n) is 8.10. The molecule has 0 radical (unpaired) electrons. The lowest BCUT2D eigenvalue weighted by Gasteiger charge is -2.33. The maximum absolute atomic E-state index is 12.7. The highest BCUT2D eigenvalue weighted by Crippen LogP contribution is 2.22. The van der Waals surface area contributed by atoms with Gasteiger partial charge < -0.3 is 9.64 Å². The van der Waals surface area contributed by atoms with Crippen molar-refractivity contribution in [2.24, 2.45) is 0 Å². The van der Waals surface area contributed by atoms with E-state index in [2.05, 4.69) is 0 Å². The number of sulfonamides is 1. The van der Waals surface area contributed by atoms with Gasteiger partial charge in [-0.15, -0.1) is 0 Å². The number of nitrogens with one attached hydrogen (secondary N) is 1. The molecular weight excluding hydrogens is 300 g/mol. The first kappa shape index (κ1) is 15.8. The Balaban J connectivity index is 1.65. The van der Waals surface area contributed by atoms with Crippen LogP contribution in [-0.4, -0.2) is 52.1 Å². The average molecular weight is 325 g/mol. The summed E-state index contributed by atoms with van der Waals surface area (Å²) in [4.78, 5) is 2.04. The van der Waals surface area contributed by atoms with Crippen molar-refractivity contribution in [3.8, 4) is 5.75 Å². The molecule has 2 heterocycles. The lowest BCUT2D eigenvalue weighted by atomic mass is 10.1. The van der Waals surface area contributed by atoms with Crippen LogP contribution in [0.4, 0.5) is 0 Å². The zero-order chi connectivity index (χ0) is 15.6. The molecule has 5 nitrogen and oxygen atoms in total. The van der Waals surface area contributed by atoms with Crippen molar-refractivity contribution in [1.82, 2.24) is 4.31 Å². The van der Waals surface area contributed by atoms with Crippen LogP contribution in [0.1, 0.15) is 25.7 Å². The highest BCUT2D eigenvalue weighted by molar-refractivity contribution is 7.89. The van der Waals surface area contributed by atoms with E-state index >= 15 is 0 Å². The molecule has 0 amide bonds. The van der Waals surface area contributed by atoms with E-state index in [-0.39, 0.29) is 0 Å². The third-order valence-electron chi connectivity index (χ3n) is 4.97. The number of rotatable bonds is 4. The minimum atomic E-state index is -3.37. The fourth-order valence-corrected chi connectivity index (χ4v) is 5.11. The van der Waals surface area contributed by atoms with Crippen molar-refractivity contribution >= 4 is 10.0 Å². The summed E-state index contributed by atoms with van der Waals surface area (Å²) in [5.41, 5.74) is 0. The Kier molecular flexibility index (Phi) is 4.70.